The van der Waals surface area contributed by atoms with Gasteiger partial charge in [0, 0.05) is 44.7 Å². The van der Waals surface area contributed by atoms with E-state index in [1.807, 2.05) is 0 Å². The molecule has 0 spiro atoms. The summed E-state index contributed by atoms with van der Waals surface area (Å²) in [6.45, 7) is 3.05. The first-order valence-electron chi connectivity index (χ1n) is 10.8. The lowest BCUT2D eigenvalue weighted by Gasteiger charge is -2.20. The van der Waals surface area contributed by atoms with E-state index in [4.69, 9.17) is 4.74 Å². The number of carbonyl (C=O) groups is 2. The quantitative estimate of drug-likeness (QED) is 0.490. The molecule has 0 radical (unpaired) electrons. The van der Waals surface area contributed by atoms with E-state index in [2.05, 4.69) is 10.3 Å². The number of aryl methyl sites for hydroxylation is 1. The summed E-state index contributed by atoms with van der Waals surface area (Å²) in [5.41, 5.74) is -0.952. The van der Waals surface area contributed by atoms with E-state index in [1.165, 1.54) is 25.5 Å². The van der Waals surface area contributed by atoms with Crippen LogP contribution >= 0.6 is 11.3 Å². The summed E-state index contributed by atoms with van der Waals surface area (Å²) in [6, 6.07) is 1.34. The molecule has 1 atom stereocenters. The number of carbonyl (C=O) groups excluding carboxylic acids is 2. The number of fused-ring (bicyclic) bond motifs is 1. The van der Waals surface area contributed by atoms with Gasteiger partial charge in [0.1, 0.15) is 17.8 Å². The van der Waals surface area contributed by atoms with Gasteiger partial charge in [0.25, 0.3) is 11.5 Å². The Hall–Kier alpha value is -3.18. The van der Waals surface area contributed by atoms with Crippen LogP contribution in [0.1, 0.15) is 42.1 Å². The molecule has 1 fully saturated rings. The van der Waals surface area contributed by atoms with Crippen molar-refractivity contribution in [3.05, 3.63) is 39.0 Å². The van der Waals surface area contributed by atoms with Crippen molar-refractivity contribution < 1.29 is 23.8 Å². The number of aliphatic hydroxyl groups is 1. The first-order valence-corrected chi connectivity index (χ1v) is 11.6. The van der Waals surface area contributed by atoms with Crippen molar-refractivity contribution in [2.24, 2.45) is 7.05 Å². The van der Waals surface area contributed by atoms with Crippen LogP contribution in [-0.4, -0.2) is 58.1 Å². The maximum atomic E-state index is 15.6. The van der Waals surface area contributed by atoms with Crippen LogP contribution in [0.4, 0.5) is 4.39 Å². The highest BCUT2D eigenvalue weighted by molar-refractivity contribution is 7.16. The molecule has 0 bridgehead atoms. The number of aromatic nitrogens is 2. The molecule has 0 aliphatic carbocycles. The topological polar surface area (TPSA) is 117 Å². The Kier molecular flexibility index (Phi) is 6.03. The SMILES string of the molecule is CNC(=O)c1cc2c(-c3sc(C(C)(C)O)c(F)c3OCC3CCC(=O)N3C)cn(C)c(=O)c2[nH]1. The van der Waals surface area contributed by atoms with E-state index in [0.29, 0.717) is 28.7 Å². The van der Waals surface area contributed by atoms with Gasteiger partial charge in [-0.05, 0) is 26.3 Å². The molecule has 3 N–H and O–H groups in total. The number of H-pyrrole nitrogens is 1. The lowest BCUT2D eigenvalue weighted by molar-refractivity contribution is -0.127. The number of aromatic amines is 1. The van der Waals surface area contributed by atoms with Gasteiger partial charge in [0.05, 0.1) is 21.4 Å². The zero-order valence-electron chi connectivity index (χ0n) is 19.6. The highest BCUT2D eigenvalue weighted by Gasteiger charge is 2.33. The molecule has 0 saturated carbocycles. The zero-order valence-corrected chi connectivity index (χ0v) is 20.4. The van der Waals surface area contributed by atoms with Crippen LogP contribution in [-0.2, 0) is 17.4 Å². The third-order valence-corrected chi connectivity index (χ3v) is 7.59. The van der Waals surface area contributed by atoms with Crippen LogP contribution in [0.25, 0.3) is 21.3 Å². The van der Waals surface area contributed by atoms with Gasteiger partial charge in [-0.25, -0.2) is 4.39 Å². The largest absolute Gasteiger partial charge is 0.487 e. The van der Waals surface area contributed by atoms with Crippen molar-refractivity contribution in [1.82, 2.24) is 19.8 Å². The summed E-state index contributed by atoms with van der Waals surface area (Å²) >= 11 is 1.02. The van der Waals surface area contributed by atoms with Crippen molar-refractivity contribution in [3.8, 4) is 16.2 Å². The molecular weight excluding hydrogens is 463 g/mol. The number of rotatable bonds is 6. The predicted molar refractivity (Wildman–Crippen MR) is 127 cm³/mol. The van der Waals surface area contributed by atoms with Crippen molar-refractivity contribution in [1.29, 1.82) is 0 Å². The molecule has 9 nitrogen and oxygen atoms in total. The van der Waals surface area contributed by atoms with Crippen molar-refractivity contribution in [2.45, 2.75) is 38.3 Å². The Morgan fingerprint density at radius 3 is 2.68 bits per heavy atom. The average molecular weight is 491 g/mol. The molecule has 4 heterocycles. The molecule has 2 amide bonds. The van der Waals surface area contributed by atoms with Crippen LogP contribution in [0.5, 0.6) is 5.75 Å². The lowest BCUT2D eigenvalue weighted by Crippen LogP contribution is -2.33. The maximum absolute atomic E-state index is 15.6. The van der Waals surface area contributed by atoms with E-state index in [1.54, 1.807) is 31.3 Å². The second-order valence-electron chi connectivity index (χ2n) is 8.98. The standard InChI is InChI=1S/C23H27FN4O5S/c1-23(2,32)20-16(24)18(33-10-11-6-7-15(29)28(11)5)19(34-20)13-9-27(4)22(31)17-12(13)8-14(26-17)21(30)25-3/h8-9,11,26,32H,6-7,10H2,1-5H3,(H,25,30). The Labute approximate surface area is 199 Å². The van der Waals surface area contributed by atoms with Gasteiger partial charge in [-0.1, -0.05) is 0 Å². The van der Waals surface area contributed by atoms with Crippen LogP contribution in [0.15, 0.2) is 17.1 Å². The molecule has 34 heavy (non-hydrogen) atoms. The van der Waals surface area contributed by atoms with Crippen molar-refractivity contribution in [3.63, 3.8) is 0 Å². The molecular formula is C23H27FN4O5S. The summed E-state index contributed by atoms with van der Waals surface area (Å²) in [5.74, 6) is -1.14. The molecule has 4 rings (SSSR count). The first-order chi connectivity index (χ1) is 15.9. The van der Waals surface area contributed by atoms with Gasteiger partial charge in [0.2, 0.25) is 5.91 Å². The third-order valence-electron chi connectivity index (χ3n) is 6.10. The van der Waals surface area contributed by atoms with E-state index in [0.717, 1.165) is 11.3 Å². The Morgan fingerprint density at radius 2 is 2.09 bits per heavy atom. The lowest BCUT2D eigenvalue weighted by atomic mass is 10.1. The number of amides is 2. The monoisotopic (exact) mass is 490 g/mol. The second-order valence-corrected chi connectivity index (χ2v) is 10.0. The van der Waals surface area contributed by atoms with Gasteiger partial charge in [0.15, 0.2) is 11.6 Å². The number of ether oxygens (including phenoxy) is 1. The van der Waals surface area contributed by atoms with E-state index >= 15 is 4.39 Å². The first kappa shape index (κ1) is 24.0. The van der Waals surface area contributed by atoms with E-state index in [9.17, 15) is 19.5 Å². The fraction of sp³-hybridized carbons (Fsp3) is 0.435. The number of hydrogen-bond donors (Lipinski definition) is 3. The maximum Gasteiger partial charge on any atom is 0.274 e. The minimum absolute atomic E-state index is 0.00520. The number of hydrogen-bond acceptors (Lipinski definition) is 6. The fourth-order valence-electron chi connectivity index (χ4n) is 4.11. The summed E-state index contributed by atoms with van der Waals surface area (Å²) in [7, 11) is 4.73. The molecule has 1 saturated heterocycles. The molecule has 1 aliphatic heterocycles. The highest BCUT2D eigenvalue weighted by atomic mass is 32.1. The van der Waals surface area contributed by atoms with Crippen LogP contribution in [0.3, 0.4) is 0 Å². The Morgan fingerprint density at radius 1 is 1.38 bits per heavy atom. The van der Waals surface area contributed by atoms with Crippen LogP contribution in [0.2, 0.25) is 0 Å². The van der Waals surface area contributed by atoms with Gasteiger partial charge in [-0.2, -0.15) is 0 Å². The fourth-order valence-corrected chi connectivity index (χ4v) is 5.26. The Bertz CT molecular complexity index is 1350. The van der Waals surface area contributed by atoms with Gasteiger partial charge >= 0.3 is 0 Å². The van der Waals surface area contributed by atoms with Crippen LogP contribution < -0.4 is 15.6 Å². The van der Waals surface area contributed by atoms with Crippen molar-refractivity contribution >= 4 is 34.1 Å². The minimum atomic E-state index is -1.48. The average Bonchev–Trinajstić information content (AvgIpc) is 3.45. The summed E-state index contributed by atoms with van der Waals surface area (Å²) in [5, 5.41) is 13.5. The molecule has 1 aliphatic rings. The molecule has 1 unspecified atom stereocenters. The van der Waals surface area contributed by atoms with Crippen LogP contribution in [0, 0.1) is 5.82 Å². The molecule has 11 heteroatoms. The summed E-state index contributed by atoms with van der Waals surface area (Å²) in [6.07, 6.45) is 2.57. The van der Waals surface area contributed by atoms with Crippen molar-refractivity contribution in [2.75, 3.05) is 20.7 Å². The van der Waals surface area contributed by atoms with E-state index < -0.39 is 17.3 Å². The molecule has 3 aromatic rings. The van der Waals surface area contributed by atoms with Gasteiger partial charge in [-0.15, -0.1) is 11.3 Å². The summed E-state index contributed by atoms with van der Waals surface area (Å²) < 4.78 is 22.9. The highest BCUT2D eigenvalue weighted by Crippen LogP contribution is 2.47. The number of likely N-dealkylation sites (N-methyl/N-ethyl adjacent to an activating group) is 1. The number of likely N-dealkylation sites (tertiary alicyclic amines) is 1. The Balaban J connectivity index is 1.89. The molecule has 3 aromatic heterocycles. The molecule has 182 valence electrons. The van der Waals surface area contributed by atoms with Gasteiger partial charge < -0.3 is 29.6 Å². The normalized spacial score (nSPS) is 16.5. The third kappa shape index (κ3) is 3.98. The van der Waals surface area contributed by atoms with E-state index in [-0.39, 0.29) is 46.0 Å². The number of pyridine rings is 1. The summed E-state index contributed by atoms with van der Waals surface area (Å²) in [4.78, 5) is 41.7. The predicted octanol–water partition coefficient (Wildman–Crippen LogP) is 2.32. The number of thiophene rings is 1. The number of halogens is 1. The smallest absolute Gasteiger partial charge is 0.274 e. The second kappa shape index (κ2) is 8.55. The minimum Gasteiger partial charge on any atom is -0.487 e. The number of nitrogens with one attached hydrogen (secondary N) is 2. The molecule has 0 aromatic carbocycles. The number of nitrogens with zero attached hydrogens (tertiary/aromatic N) is 2. The van der Waals surface area contributed by atoms with Gasteiger partial charge in [-0.3, -0.25) is 14.4 Å². The zero-order chi connectivity index (χ0) is 24.9.